The summed E-state index contributed by atoms with van der Waals surface area (Å²) >= 11 is 0. The highest BCUT2D eigenvalue weighted by molar-refractivity contribution is 7.87. The van der Waals surface area contributed by atoms with Crippen LogP contribution < -0.4 is 4.18 Å². The molecule has 0 bridgehead atoms. The van der Waals surface area contributed by atoms with E-state index in [1.807, 2.05) is 12.1 Å². The maximum Gasteiger partial charge on any atom is 0.339 e. The molecule has 0 unspecified atom stereocenters. The minimum Gasteiger partial charge on any atom is -0.376 e. The van der Waals surface area contributed by atoms with Crippen molar-refractivity contribution in [3.8, 4) is 5.75 Å². The fourth-order valence-electron chi connectivity index (χ4n) is 7.07. The topological polar surface area (TPSA) is 97.7 Å². The number of halogens is 2. The van der Waals surface area contributed by atoms with E-state index in [4.69, 9.17) is 4.18 Å². The second-order valence-electron chi connectivity index (χ2n) is 11.7. The molecule has 0 aromatic heterocycles. The molecule has 0 heterocycles. The van der Waals surface area contributed by atoms with Gasteiger partial charge in [0.15, 0.2) is 16.5 Å². The summed E-state index contributed by atoms with van der Waals surface area (Å²) in [6.07, 6.45) is 15.1. The van der Waals surface area contributed by atoms with E-state index < -0.39 is 42.5 Å². The maximum absolute atomic E-state index is 15.1. The smallest absolute Gasteiger partial charge is 0.339 e. The van der Waals surface area contributed by atoms with Gasteiger partial charge in [0.1, 0.15) is 10.7 Å². The molecule has 3 fully saturated rings. The maximum atomic E-state index is 15.1. The van der Waals surface area contributed by atoms with Gasteiger partial charge < -0.3 is 4.18 Å². The van der Waals surface area contributed by atoms with Gasteiger partial charge in [0.05, 0.1) is 0 Å². The molecule has 220 valence electrons. The summed E-state index contributed by atoms with van der Waals surface area (Å²) in [6.45, 7) is 0. The Kier molecular flexibility index (Phi) is 8.88. The van der Waals surface area contributed by atoms with Gasteiger partial charge in [-0.25, -0.2) is 8.78 Å². The van der Waals surface area contributed by atoms with E-state index in [1.165, 1.54) is 12.0 Å². The van der Waals surface area contributed by atoms with Crippen molar-refractivity contribution in [3.05, 3.63) is 52.6 Å². The van der Waals surface area contributed by atoms with Crippen LogP contribution in [0.1, 0.15) is 131 Å². The van der Waals surface area contributed by atoms with Crippen molar-refractivity contribution in [1.82, 2.24) is 0 Å². The van der Waals surface area contributed by atoms with Gasteiger partial charge in [-0.3, -0.25) is 4.55 Å². The summed E-state index contributed by atoms with van der Waals surface area (Å²) in [6, 6.07) is 5.40. The van der Waals surface area contributed by atoms with Crippen molar-refractivity contribution in [2.24, 2.45) is 0 Å². The van der Waals surface area contributed by atoms with Crippen LogP contribution in [0.25, 0.3) is 0 Å². The molecule has 3 aliphatic rings. The molecule has 0 atom stereocenters. The van der Waals surface area contributed by atoms with Gasteiger partial charge in [-0.05, 0) is 85.1 Å². The fraction of sp³-hybridized carbons (Fsp3) is 0.600. The first-order chi connectivity index (χ1) is 19.1. The molecular formula is C30H38F2O6S2. The molecule has 10 heteroatoms. The Bertz CT molecular complexity index is 1400. The highest BCUT2D eigenvalue weighted by Gasteiger charge is 2.36. The van der Waals surface area contributed by atoms with Crippen LogP contribution in [0.3, 0.4) is 0 Å². The van der Waals surface area contributed by atoms with Gasteiger partial charge in [-0.15, -0.1) is 0 Å². The van der Waals surface area contributed by atoms with Crippen molar-refractivity contribution in [1.29, 1.82) is 0 Å². The second kappa shape index (κ2) is 12.1. The zero-order valence-electron chi connectivity index (χ0n) is 22.7. The third-order valence-corrected chi connectivity index (χ3v) is 11.3. The predicted molar refractivity (Wildman–Crippen MR) is 148 cm³/mol. The molecule has 0 spiro atoms. The van der Waals surface area contributed by atoms with Crippen LogP contribution >= 0.6 is 0 Å². The van der Waals surface area contributed by atoms with Crippen LogP contribution in [0.15, 0.2) is 34.1 Å². The quantitative estimate of drug-likeness (QED) is 0.256. The summed E-state index contributed by atoms with van der Waals surface area (Å²) in [5.41, 5.74) is 2.59. The van der Waals surface area contributed by atoms with E-state index in [9.17, 15) is 25.8 Å². The van der Waals surface area contributed by atoms with Crippen LogP contribution in [0, 0.1) is 11.6 Å². The third kappa shape index (κ3) is 6.23. The number of hydrogen-bond acceptors (Lipinski definition) is 5. The SMILES string of the molecule is O=S(=O)(O)c1c(F)ccc(OS(=O)(=O)c2c(C3CCCCC3)cc(C3CCCCC3)cc2C2CCCCC2)c1F. The molecule has 3 saturated carbocycles. The van der Waals surface area contributed by atoms with Gasteiger partial charge in [-0.2, -0.15) is 16.8 Å². The molecule has 40 heavy (non-hydrogen) atoms. The molecular weight excluding hydrogens is 558 g/mol. The minimum absolute atomic E-state index is 0.0134. The van der Waals surface area contributed by atoms with Crippen LogP contribution in [0.2, 0.25) is 0 Å². The minimum atomic E-state index is -5.30. The molecule has 0 saturated heterocycles. The monoisotopic (exact) mass is 596 g/mol. The Morgan fingerprint density at radius 1 is 0.650 bits per heavy atom. The molecule has 0 aliphatic heterocycles. The molecule has 5 rings (SSSR count). The van der Waals surface area contributed by atoms with E-state index in [0.29, 0.717) is 23.1 Å². The summed E-state index contributed by atoms with van der Waals surface area (Å²) in [5, 5.41) is 0. The normalized spacial score (nSPS) is 20.5. The van der Waals surface area contributed by atoms with Gasteiger partial charge in [0, 0.05) is 0 Å². The van der Waals surface area contributed by atoms with Crippen LogP contribution in [-0.4, -0.2) is 21.4 Å². The fourth-order valence-corrected chi connectivity index (χ4v) is 9.19. The van der Waals surface area contributed by atoms with Crippen molar-refractivity contribution in [2.45, 2.75) is 124 Å². The predicted octanol–water partition coefficient (Wildman–Crippen LogP) is 8.12. The van der Waals surface area contributed by atoms with E-state index in [-0.39, 0.29) is 16.7 Å². The van der Waals surface area contributed by atoms with Gasteiger partial charge in [0.2, 0.25) is 0 Å². The first kappa shape index (κ1) is 29.5. The standard InChI is InChI=1S/C30H38F2O6S2/c31-26-16-17-27(28(32)30(26)39(33,34)35)38-40(36,37)29-24(21-12-6-2-7-13-21)18-23(20-10-4-1-5-11-20)19-25(29)22-14-8-3-9-15-22/h16-22H,1-15H2,(H,33,34,35). The highest BCUT2D eigenvalue weighted by atomic mass is 32.2. The number of benzene rings is 2. The first-order valence-electron chi connectivity index (χ1n) is 14.6. The Hall–Kier alpha value is -2.04. The Morgan fingerprint density at radius 3 is 1.55 bits per heavy atom. The zero-order chi connectivity index (χ0) is 28.5. The van der Waals surface area contributed by atoms with Crippen LogP contribution in [0.4, 0.5) is 8.78 Å². The molecule has 6 nitrogen and oxygen atoms in total. The highest BCUT2D eigenvalue weighted by Crippen LogP contribution is 2.46. The van der Waals surface area contributed by atoms with Crippen LogP contribution in [0.5, 0.6) is 5.75 Å². The van der Waals surface area contributed by atoms with E-state index in [2.05, 4.69) is 0 Å². The molecule has 2 aromatic rings. The van der Waals surface area contributed by atoms with E-state index in [0.717, 1.165) is 96.0 Å². The average molecular weight is 597 g/mol. The second-order valence-corrected chi connectivity index (χ2v) is 14.6. The van der Waals surface area contributed by atoms with Gasteiger partial charge in [0.25, 0.3) is 0 Å². The zero-order valence-corrected chi connectivity index (χ0v) is 24.3. The van der Waals surface area contributed by atoms with E-state index >= 15 is 4.39 Å². The summed E-state index contributed by atoms with van der Waals surface area (Å²) in [7, 11) is -9.96. The Labute approximate surface area is 236 Å². The molecule has 0 radical (unpaired) electrons. The average Bonchev–Trinajstić information content (AvgIpc) is 2.94. The third-order valence-electron chi connectivity index (χ3n) is 9.06. The van der Waals surface area contributed by atoms with Crippen molar-refractivity contribution >= 4 is 20.2 Å². The van der Waals surface area contributed by atoms with E-state index in [1.54, 1.807) is 0 Å². The van der Waals surface area contributed by atoms with Gasteiger partial charge >= 0.3 is 20.2 Å². The lowest BCUT2D eigenvalue weighted by atomic mass is 9.76. The molecule has 3 aliphatic carbocycles. The lowest BCUT2D eigenvalue weighted by Crippen LogP contribution is -2.22. The largest absolute Gasteiger partial charge is 0.376 e. The first-order valence-corrected chi connectivity index (χ1v) is 17.5. The lowest BCUT2D eigenvalue weighted by Gasteiger charge is -2.32. The van der Waals surface area contributed by atoms with Crippen molar-refractivity contribution in [3.63, 3.8) is 0 Å². The molecule has 1 N–H and O–H groups in total. The summed E-state index contributed by atoms with van der Waals surface area (Å²) in [5.74, 6) is -3.88. The Morgan fingerprint density at radius 2 is 1.10 bits per heavy atom. The molecule has 0 amide bonds. The van der Waals surface area contributed by atoms with Gasteiger partial charge in [-0.1, -0.05) is 69.9 Å². The number of rotatable bonds is 7. The Balaban J connectivity index is 1.68. The summed E-state index contributed by atoms with van der Waals surface area (Å²) in [4.78, 5) is -1.57. The number of hydrogen-bond donors (Lipinski definition) is 1. The molecule has 2 aromatic carbocycles. The van der Waals surface area contributed by atoms with Crippen LogP contribution in [-0.2, 0) is 20.2 Å². The van der Waals surface area contributed by atoms with Crippen molar-refractivity contribution in [2.75, 3.05) is 0 Å². The van der Waals surface area contributed by atoms with Crippen molar-refractivity contribution < 1.29 is 34.4 Å². The lowest BCUT2D eigenvalue weighted by molar-refractivity contribution is 0.409. The summed E-state index contributed by atoms with van der Waals surface area (Å²) < 4.78 is 95.5.